The van der Waals surface area contributed by atoms with Crippen LogP contribution in [0.3, 0.4) is 0 Å². The van der Waals surface area contributed by atoms with Crippen molar-refractivity contribution in [2.45, 2.75) is 6.92 Å². The third-order valence-corrected chi connectivity index (χ3v) is 4.43. The first-order chi connectivity index (χ1) is 10.6. The maximum absolute atomic E-state index is 11.8. The third kappa shape index (κ3) is 2.35. The number of aryl methyl sites for hydroxylation is 1. The number of carbonyl (C=O) groups is 1. The summed E-state index contributed by atoms with van der Waals surface area (Å²) in [5, 5.41) is 13.7. The summed E-state index contributed by atoms with van der Waals surface area (Å²) in [7, 11) is 1.35. The van der Waals surface area contributed by atoms with Crippen LogP contribution >= 0.6 is 11.3 Å². The minimum absolute atomic E-state index is 0.121. The Morgan fingerprint density at radius 2 is 2.09 bits per heavy atom. The Morgan fingerprint density at radius 3 is 2.82 bits per heavy atom. The molecule has 112 valence electrons. The highest BCUT2D eigenvalue weighted by molar-refractivity contribution is 7.20. The molecule has 2 heterocycles. The fourth-order valence-corrected chi connectivity index (χ4v) is 3.23. The summed E-state index contributed by atoms with van der Waals surface area (Å²) in [5.41, 5.74) is 1.29. The normalized spacial score (nSPS) is 10.6. The number of nitrogens with zero attached hydrogens (tertiary/aromatic N) is 2. The predicted molar refractivity (Wildman–Crippen MR) is 84.9 cm³/mol. The standard InChI is InChI=1S/C15H13N3O3S/c1-8-11-13(18-9-5-3-4-6-10(9)19)16-7-17-14(11)22-12(8)15(20)21-2/h3-7,19H,1-2H3,(H,16,17,18). The molecule has 0 saturated heterocycles. The SMILES string of the molecule is COC(=O)c1sc2ncnc(Nc3ccccc3O)c2c1C. The topological polar surface area (TPSA) is 84.3 Å². The molecule has 6 nitrogen and oxygen atoms in total. The molecule has 0 aliphatic heterocycles. The molecular formula is C15H13N3O3S. The van der Waals surface area contributed by atoms with Crippen LogP contribution in [-0.4, -0.2) is 28.2 Å². The Labute approximate surface area is 130 Å². The molecule has 2 aromatic heterocycles. The number of ether oxygens (including phenoxy) is 1. The first-order valence-electron chi connectivity index (χ1n) is 6.49. The van der Waals surface area contributed by atoms with Gasteiger partial charge in [0, 0.05) is 0 Å². The van der Waals surface area contributed by atoms with Crippen LogP contribution in [0.1, 0.15) is 15.2 Å². The van der Waals surface area contributed by atoms with Crippen molar-refractivity contribution in [2.24, 2.45) is 0 Å². The maximum atomic E-state index is 11.8. The van der Waals surface area contributed by atoms with Gasteiger partial charge < -0.3 is 15.2 Å². The number of hydrogen-bond acceptors (Lipinski definition) is 7. The highest BCUT2D eigenvalue weighted by Gasteiger charge is 2.20. The van der Waals surface area contributed by atoms with Gasteiger partial charge >= 0.3 is 5.97 Å². The smallest absolute Gasteiger partial charge is 0.348 e. The average Bonchev–Trinajstić information content (AvgIpc) is 2.87. The molecule has 3 rings (SSSR count). The van der Waals surface area contributed by atoms with Gasteiger partial charge in [0.05, 0.1) is 18.2 Å². The van der Waals surface area contributed by atoms with Crippen LogP contribution in [0, 0.1) is 6.92 Å². The van der Waals surface area contributed by atoms with Gasteiger partial charge in [0.1, 0.15) is 27.6 Å². The molecule has 2 N–H and O–H groups in total. The van der Waals surface area contributed by atoms with Crippen LogP contribution in [0.15, 0.2) is 30.6 Å². The van der Waals surface area contributed by atoms with Gasteiger partial charge in [-0.2, -0.15) is 0 Å². The molecule has 0 aliphatic carbocycles. The van der Waals surface area contributed by atoms with Gasteiger partial charge in [-0.3, -0.25) is 0 Å². The quantitative estimate of drug-likeness (QED) is 0.570. The van der Waals surface area contributed by atoms with Gasteiger partial charge in [-0.1, -0.05) is 12.1 Å². The number of phenolic OH excluding ortho intramolecular Hbond substituents is 1. The van der Waals surface area contributed by atoms with Crippen LogP contribution < -0.4 is 5.32 Å². The van der Waals surface area contributed by atoms with E-state index in [0.29, 0.717) is 21.2 Å². The van der Waals surface area contributed by atoms with Crippen LogP contribution in [0.4, 0.5) is 11.5 Å². The Kier molecular flexibility index (Phi) is 3.64. The van der Waals surface area contributed by atoms with E-state index >= 15 is 0 Å². The molecule has 0 unspecified atom stereocenters. The minimum atomic E-state index is -0.394. The number of carbonyl (C=O) groups excluding carboxylic acids is 1. The number of fused-ring (bicyclic) bond motifs is 1. The van der Waals surface area contributed by atoms with E-state index in [1.807, 2.05) is 6.92 Å². The zero-order valence-electron chi connectivity index (χ0n) is 12.0. The first-order valence-corrected chi connectivity index (χ1v) is 7.31. The number of aromatic hydroxyl groups is 1. The average molecular weight is 315 g/mol. The third-order valence-electron chi connectivity index (χ3n) is 3.25. The van der Waals surface area contributed by atoms with Crippen LogP contribution in [0.2, 0.25) is 0 Å². The highest BCUT2D eigenvalue weighted by atomic mass is 32.1. The van der Waals surface area contributed by atoms with E-state index in [2.05, 4.69) is 15.3 Å². The number of aromatic nitrogens is 2. The lowest BCUT2D eigenvalue weighted by Crippen LogP contribution is -2.00. The maximum Gasteiger partial charge on any atom is 0.348 e. The van der Waals surface area contributed by atoms with E-state index in [1.54, 1.807) is 24.3 Å². The zero-order chi connectivity index (χ0) is 15.7. The van der Waals surface area contributed by atoms with Gasteiger partial charge in [0.2, 0.25) is 0 Å². The number of nitrogens with one attached hydrogen (secondary N) is 1. The Morgan fingerprint density at radius 1 is 1.32 bits per heavy atom. The number of methoxy groups -OCH3 is 1. The number of benzene rings is 1. The van der Waals surface area contributed by atoms with E-state index in [0.717, 1.165) is 10.9 Å². The second-order valence-corrected chi connectivity index (χ2v) is 5.59. The van der Waals surface area contributed by atoms with Crippen molar-refractivity contribution in [3.05, 3.63) is 41.0 Å². The Balaban J connectivity index is 2.13. The van der Waals surface area contributed by atoms with Crippen LogP contribution in [0.25, 0.3) is 10.2 Å². The second kappa shape index (κ2) is 5.61. The molecule has 7 heteroatoms. The van der Waals surface area contributed by atoms with Crippen molar-refractivity contribution in [3.8, 4) is 5.75 Å². The van der Waals surface area contributed by atoms with E-state index < -0.39 is 5.97 Å². The summed E-state index contributed by atoms with van der Waals surface area (Å²) in [4.78, 5) is 21.4. The lowest BCUT2D eigenvalue weighted by atomic mass is 10.2. The van der Waals surface area contributed by atoms with E-state index in [-0.39, 0.29) is 5.75 Å². The summed E-state index contributed by atoms with van der Waals surface area (Å²) in [6, 6.07) is 6.87. The lowest BCUT2D eigenvalue weighted by Gasteiger charge is -2.08. The molecule has 22 heavy (non-hydrogen) atoms. The van der Waals surface area contributed by atoms with Crippen molar-refractivity contribution < 1.29 is 14.6 Å². The number of rotatable bonds is 3. The van der Waals surface area contributed by atoms with Gasteiger partial charge in [-0.05, 0) is 24.6 Å². The molecule has 0 aliphatic rings. The summed E-state index contributed by atoms with van der Waals surface area (Å²) in [6.07, 6.45) is 1.42. The van der Waals surface area contributed by atoms with Gasteiger partial charge in [0.25, 0.3) is 0 Å². The molecular weight excluding hydrogens is 302 g/mol. The van der Waals surface area contributed by atoms with Gasteiger partial charge in [-0.25, -0.2) is 14.8 Å². The fraction of sp³-hybridized carbons (Fsp3) is 0.133. The van der Waals surface area contributed by atoms with Crippen LogP contribution in [0.5, 0.6) is 5.75 Å². The number of anilines is 2. The van der Waals surface area contributed by atoms with Crippen LogP contribution in [-0.2, 0) is 4.74 Å². The molecule has 3 aromatic rings. The molecule has 1 aromatic carbocycles. The highest BCUT2D eigenvalue weighted by Crippen LogP contribution is 2.35. The summed E-state index contributed by atoms with van der Waals surface area (Å²) in [5.74, 6) is 0.264. The number of para-hydroxylation sites is 2. The molecule has 0 fully saturated rings. The van der Waals surface area contributed by atoms with Crippen molar-refractivity contribution in [2.75, 3.05) is 12.4 Å². The first kappa shape index (κ1) is 14.3. The summed E-state index contributed by atoms with van der Waals surface area (Å²) < 4.78 is 4.79. The summed E-state index contributed by atoms with van der Waals surface area (Å²) >= 11 is 1.26. The number of phenols is 1. The van der Waals surface area contributed by atoms with Crippen molar-refractivity contribution >= 4 is 39.0 Å². The molecule has 0 radical (unpaired) electrons. The van der Waals surface area contributed by atoms with E-state index in [4.69, 9.17) is 4.74 Å². The van der Waals surface area contributed by atoms with Gasteiger partial charge in [-0.15, -0.1) is 11.3 Å². The number of hydrogen-bond donors (Lipinski definition) is 2. The monoisotopic (exact) mass is 315 g/mol. The lowest BCUT2D eigenvalue weighted by molar-refractivity contribution is 0.0605. The molecule has 0 saturated carbocycles. The molecule has 0 amide bonds. The minimum Gasteiger partial charge on any atom is -0.506 e. The summed E-state index contributed by atoms with van der Waals surface area (Å²) in [6.45, 7) is 1.82. The van der Waals surface area contributed by atoms with Gasteiger partial charge in [0.15, 0.2) is 0 Å². The van der Waals surface area contributed by atoms with Crippen molar-refractivity contribution in [3.63, 3.8) is 0 Å². The van der Waals surface area contributed by atoms with Crippen molar-refractivity contribution in [1.82, 2.24) is 9.97 Å². The largest absolute Gasteiger partial charge is 0.506 e. The second-order valence-electron chi connectivity index (χ2n) is 4.59. The Bertz CT molecular complexity index is 860. The zero-order valence-corrected chi connectivity index (χ0v) is 12.8. The van der Waals surface area contributed by atoms with E-state index in [1.165, 1.54) is 24.8 Å². The molecule has 0 spiro atoms. The molecule has 0 atom stereocenters. The number of thiophene rings is 1. The van der Waals surface area contributed by atoms with E-state index in [9.17, 15) is 9.90 Å². The Hall–Kier alpha value is -2.67. The number of esters is 1. The molecule has 0 bridgehead atoms. The fourth-order valence-electron chi connectivity index (χ4n) is 2.16. The predicted octanol–water partition coefficient (Wildman–Crippen LogP) is 3.24. The van der Waals surface area contributed by atoms with Crippen molar-refractivity contribution in [1.29, 1.82) is 0 Å².